The van der Waals surface area contributed by atoms with Crippen molar-refractivity contribution >= 4 is 24.1 Å². The standard InChI is InChI=1S/C28H32O4/c1-5-9-11-23-19-25(31-27(29)7-3)17-15-21(23)13-14-22-16-18-26(32-28(30)8-4)20-24(22)12-10-6-2/h7-8,13-20H,3-6,9-12H2,1-2H3/b14-13+. The summed E-state index contributed by atoms with van der Waals surface area (Å²) in [7, 11) is 0. The molecule has 0 radical (unpaired) electrons. The molecule has 4 nitrogen and oxygen atoms in total. The Balaban J connectivity index is 2.34. The predicted molar refractivity (Wildman–Crippen MR) is 131 cm³/mol. The van der Waals surface area contributed by atoms with Crippen LogP contribution in [-0.2, 0) is 22.4 Å². The summed E-state index contributed by atoms with van der Waals surface area (Å²) in [6.45, 7) is 11.2. The van der Waals surface area contributed by atoms with Gasteiger partial charge in [-0.25, -0.2) is 9.59 Å². The molecule has 2 rings (SSSR count). The lowest BCUT2D eigenvalue weighted by atomic mass is 9.98. The van der Waals surface area contributed by atoms with Crippen molar-refractivity contribution in [3.05, 3.63) is 84.0 Å². The summed E-state index contributed by atoms with van der Waals surface area (Å²) < 4.78 is 10.6. The largest absolute Gasteiger partial charge is 0.423 e. The molecule has 0 N–H and O–H groups in total. The molecule has 0 saturated heterocycles. The summed E-state index contributed by atoms with van der Waals surface area (Å²) in [6, 6.07) is 11.4. The number of rotatable bonds is 12. The van der Waals surface area contributed by atoms with Crippen LogP contribution in [0.25, 0.3) is 12.2 Å². The molecule has 4 heteroatoms. The number of benzene rings is 2. The highest BCUT2D eigenvalue weighted by Gasteiger charge is 2.08. The number of carbonyl (C=O) groups is 2. The molecule has 32 heavy (non-hydrogen) atoms. The van der Waals surface area contributed by atoms with Gasteiger partial charge in [-0.1, -0.05) is 64.1 Å². The van der Waals surface area contributed by atoms with Crippen molar-refractivity contribution in [1.82, 2.24) is 0 Å². The van der Waals surface area contributed by atoms with Crippen LogP contribution >= 0.6 is 0 Å². The molecule has 2 aromatic carbocycles. The minimum atomic E-state index is -0.465. The maximum Gasteiger partial charge on any atom is 0.335 e. The van der Waals surface area contributed by atoms with Crippen molar-refractivity contribution < 1.29 is 19.1 Å². The Bertz CT molecular complexity index is 905. The SMILES string of the molecule is C=CC(=O)Oc1ccc(/C=C/c2ccc(OC(=O)C=C)cc2CCCC)c(CCCC)c1. The first-order valence-electron chi connectivity index (χ1n) is 11.1. The Morgan fingerprint density at radius 2 is 1.16 bits per heavy atom. The van der Waals surface area contributed by atoms with Gasteiger partial charge in [0.2, 0.25) is 0 Å². The smallest absolute Gasteiger partial charge is 0.335 e. The van der Waals surface area contributed by atoms with Crippen LogP contribution in [0.5, 0.6) is 11.5 Å². The van der Waals surface area contributed by atoms with E-state index in [9.17, 15) is 9.59 Å². The Kier molecular flexibility index (Phi) is 10.2. The van der Waals surface area contributed by atoms with E-state index in [1.54, 1.807) is 12.1 Å². The first kappa shape index (κ1) is 24.9. The Morgan fingerprint density at radius 3 is 1.50 bits per heavy atom. The lowest BCUT2D eigenvalue weighted by molar-refractivity contribution is -0.129. The van der Waals surface area contributed by atoms with Crippen LogP contribution in [0.3, 0.4) is 0 Å². The maximum atomic E-state index is 11.5. The van der Waals surface area contributed by atoms with Gasteiger partial charge in [0.25, 0.3) is 0 Å². The summed E-state index contributed by atoms with van der Waals surface area (Å²) in [5.74, 6) is 0.116. The molecule has 2 aromatic rings. The van der Waals surface area contributed by atoms with E-state index in [4.69, 9.17) is 9.47 Å². The minimum Gasteiger partial charge on any atom is -0.423 e. The van der Waals surface area contributed by atoms with Crippen LogP contribution in [0.1, 0.15) is 61.8 Å². The molecule has 0 spiro atoms. The highest BCUT2D eigenvalue weighted by molar-refractivity contribution is 5.84. The zero-order valence-electron chi connectivity index (χ0n) is 19.1. The van der Waals surface area contributed by atoms with E-state index in [0.717, 1.165) is 72.9 Å². The molecule has 0 unspecified atom stereocenters. The van der Waals surface area contributed by atoms with E-state index in [-0.39, 0.29) is 0 Å². The number of unbranched alkanes of at least 4 members (excludes halogenated alkanes) is 2. The van der Waals surface area contributed by atoms with Crippen LogP contribution in [0.15, 0.2) is 61.7 Å². The van der Waals surface area contributed by atoms with E-state index in [0.29, 0.717) is 11.5 Å². The zero-order chi connectivity index (χ0) is 23.3. The molecule has 0 atom stereocenters. The number of carbonyl (C=O) groups excluding carboxylic acids is 2. The normalized spacial score (nSPS) is 10.7. The van der Waals surface area contributed by atoms with Crippen molar-refractivity contribution in [3.63, 3.8) is 0 Å². The highest BCUT2D eigenvalue weighted by Crippen LogP contribution is 2.25. The monoisotopic (exact) mass is 432 g/mol. The van der Waals surface area contributed by atoms with Gasteiger partial charge in [0.05, 0.1) is 0 Å². The third kappa shape index (κ3) is 7.69. The molecular weight excluding hydrogens is 400 g/mol. The molecule has 0 amide bonds. The van der Waals surface area contributed by atoms with Crippen LogP contribution in [0.4, 0.5) is 0 Å². The third-order valence-corrected chi connectivity index (χ3v) is 5.04. The van der Waals surface area contributed by atoms with Gasteiger partial charge >= 0.3 is 11.9 Å². The topological polar surface area (TPSA) is 52.6 Å². The van der Waals surface area contributed by atoms with Gasteiger partial charge in [-0.2, -0.15) is 0 Å². The predicted octanol–water partition coefficient (Wildman–Crippen LogP) is 6.73. The summed E-state index contributed by atoms with van der Waals surface area (Å²) in [4.78, 5) is 23.1. The summed E-state index contributed by atoms with van der Waals surface area (Å²) in [5, 5.41) is 0. The van der Waals surface area contributed by atoms with Gasteiger partial charge in [-0.3, -0.25) is 0 Å². The second-order valence-electron chi connectivity index (χ2n) is 7.51. The van der Waals surface area contributed by atoms with E-state index in [2.05, 4.69) is 39.2 Å². The first-order chi connectivity index (χ1) is 15.5. The Morgan fingerprint density at radius 1 is 0.750 bits per heavy atom. The molecule has 0 aromatic heterocycles. The average Bonchev–Trinajstić information content (AvgIpc) is 2.81. The number of hydrogen-bond acceptors (Lipinski definition) is 4. The fourth-order valence-corrected chi connectivity index (χ4v) is 3.28. The van der Waals surface area contributed by atoms with Crippen LogP contribution in [0.2, 0.25) is 0 Å². The average molecular weight is 433 g/mol. The molecular formula is C28H32O4. The lowest BCUT2D eigenvalue weighted by Gasteiger charge is -2.11. The van der Waals surface area contributed by atoms with Crippen molar-refractivity contribution in [2.45, 2.75) is 52.4 Å². The number of aryl methyl sites for hydroxylation is 2. The molecule has 0 aliphatic rings. The van der Waals surface area contributed by atoms with Crippen LogP contribution in [0, 0.1) is 0 Å². The first-order valence-corrected chi connectivity index (χ1v) is 11.1. The molecule has 0 saturated carbocycles. The second kappa shape index (κ2) is 13.1. The number of ether oxygens (including phenoxy) is 2. The van der Waals surface area contributed by atoms with Gasteiger partial charge in [-0.15, -0.1) is 0 Å². The molecule has 0 aliphatic carbocycles. The fourth-order valence-electron chi connectivity index (χ4n) is 3.28. The van der Waals surface area contributed by atoms with E-state index in [1.165, 1.54) is 0 Å². The lowest BCUT2D eigenvalue weighted by Crippen LogP contribution is -2.04. The second-order valence-corrected chi connectivity index (χ2v) is 7.51. The van der Waals surface area contributed by atoms with Crippen molar-refractivity contribution in [2.75, 3.05) is 0 Å². The highest BCUT2D eigenvalue weighted by atomic mass is 16.5. The van der Waals surface area contributed by atoms with Gasteiger partial charge in [0.1, 0.15) is 11.5 Å². The van der Waals surface area contributed by atoms with E-state index in [1.807, 2.05) is 24.3 Å². The van der Waals surface area contributed by atoms with Crippen molar-refractivity contribution in [3.8, 4) is 11.5 Å². The van der Waals surface area contributed by atoms with E-state index < -0.39 is 11.9 Å². The van der Waals surface area contributed by atoms with Crippen LogP contribution in [-0.4, -0.2) is 11.9 Å². The quantitative estimate of drug-likeness (QED) is 0.162. The van der Waals surface area contributed by atoms with Crippen LogP contribution < -0.4 is 9.47 Å². The number of hydrogen-bond donors (Lipinski definition) is 0. The molecule has 0 heterocycles. The molecule has 168 valence electrons. The van der Waals surface area contributed by atoms with E-state index >= 15 is 0 Å². The Hall–Kier alpha value is -3.40. The minimum absolute atomic E-state index is 0.465. The van der Waals surface area contributed by atoms with Gasteiger partial charge in [-0.05, 0) is 72.2 Å². The molecule has 0 fully saturated rings. The maximum absolute atomic E-state index is 11.5. The fraction of sp³-hybridized carbons (Fsp3) is 0.286. The van der Waals surface area contributed by atoms with Crippen molar-refractivity contribution in [2.24, 2.45) is 0 Å². The van der Waals surface area contributed by atoms with Crippen molar-refractivity contribution in [1.29, 1.82) is 0 Å². The summed E-state index contributed by atoms with van der Waals surface area (Å²) >= 11 is 0. The summed E-state index contributed by atoms with van der Waals surface area (Å²) in [5.41, 5.74) is 4.43. The van der Waals surface area contributed by atoms with Gasteiger partial charge in [0.15, 0.2) is 0 Å². The van der Waals surface area contributed by atoms with Gasteiger partial charge in [0, 0.05) is 12.2 Å². The molecule has 0 aliphatic heterocycles. The zero-order valence-corrected chi connectivity index (χ0v) is 19.1. The summed E-state index contributed by atoms with van der Waals surface area (Å²) in [6.07, 6.45) is 12.5. The number of esters is 2. The molecule has 0 bridgehead atoms. The third-order valence-electron chi connectivity index (χ3n) is 5.04. The van der Waals surface area contributed by atoms with Gasteiger partial charge < -0.3 is 9.47 Å². The Labute approximate surface area is 191 Å².